The molecule has 1 aliphatic heterocycles. The molecule has 120 valence electrons. The topological polar surface area (TPSA) is 38.3 Å². The van der Waals surface area contributed by atoms with Gasteiger partial charge in [0.1, 0.15) is 19.1 Å². The van der Waals surface area contributed by atoms with E-state index in [9.17, 15) is 26.7 Å². The van der Waals surface area contributed by atoms with Crippen LogP contribution in [0, 0.1) is 0 Å². The first-order valence-corrected chi connectivity index (χ1v) is 6.24. The molecule has 0 saturated carbocycles. The van der Waals surface area contributed by atoms with Crippen molar-refractivity contribution in [2.75, 3.05) is 20.4 Å². The molecule has 3 nitrogen and oxygen atoms in total. The highest BCUT2D eigenvalue weighted by atomic mass is 19.4. The maximum absolute atomic E-state index is 13.1. The number of benzene rings is 1. The van der Waals surface area contributed by atoms with Gasteiger partial charge >= 0.3 is 6.18 Å². The highest BCUT2D eigenvalue weighted by molar-refractivity contribution is 6.20. The van der Waals surface area contributed by atoms with E-state index in [1.54, 1.807) is 0 Å². The number of carbonyl (C=O) groups is 1. The van der Waals surface area contributed by atoms with Crippen molar-refractivity contribution in [3.8, 4) is 5.75 Å². The molecule has 2 rings (SSSR count). The van der Waals surface area contributed by atoms with E-state index in [4.69, 9.17) is 4.74 Å². The first kappa shape index (κ1) is 16.3. The number of fused-ring (bicyclic) bond motifs is 1. The highest BCUT2D eigenvalue weighted by Gasteiger charge is 2.39. The zero-order valence-corrected chi connectivity index (χ0v) is 11.4. The summed E-state index contributed by atoms with van der Waals surface area (Å²) in [6, 6.07) is 2.40. The van der Waals surface area contributed by atoms with E-state index in [0.717, 1.165) is 24.3 Å². The summed E-state index contributed by atoms with van der Waals surface area (Å²) >= 11 is 0. The monoisotopic (exact) mass is 321 g/mol. The lowest BCUT2D eigenvalue weighted by Gasteiger charge is -2.32. The summed E-state index contributed by atoms with van der Waals surface area (Å²) in [5, 5.41) is 2.23. The summed E-state index contributed by atoms with van der Waals surface area (Å²) < 4.78 is 69.7. The van der Waals surface area contributed by atoms with Crippen molar-refractivity contribution in [3.05, 3.63) is 35.4 Å². The third kappa shape index (κ3) is 2.77. The minimum atomic E-state index is -4.61. The van der Waals surface area contributed by atoms with E-state index in [0.29, 0.717) is 0 Å². The number of hydrogen-bond donors (Lipinski definition) is 1. The second kappa shape index (κ2) is 5.58. The molecule has 0 unspecified atom stereocenters. The first-order valence-electron chi connectivity index (χ1n) is 6.24. The number of rotatable bonds is 3. The van der Waals surface area contributed by atoms with Crippen LogP contribution in [0.3, 0.4) is 0 Å². The van der Waals surface area contributed by atoms with Gasteiger partial charge in [-0.05, 0) is 24.3 Å². The van der Waals surface area contributed by atoms with Crippen LogP contribution in [-0.4, -0.2) is 31.9 Å². The average molecular weight is 321 g/mol. The van der Waals surface area contributed by atoms with Gasteiger partial charge in [0, 0.05) is 12.6 Å². The predicted octanol–water partition coefficient (Wildman–Crippen LogP) is 2.91. The molecule has 0 aromatic heterocycles. The molecule has 1 heterocycles. The standard InChI is InChI=1S/C14H12F5NO2/c1-20-12(21)10-5-13(6-15,7-16)22-11-3-2-8(4-9(10)11)14(17,18)19/h2-5H,6-7H2,1H3,(H,20,21). The molecule has 8 heteroatoms. The van der Waals surface area contributed by atoms with Crippen LogP contribution in [-0.2, 0) is 11.0 Å². The number of alkyl halides is 5. The van der Waals surface area contributed by atoms with Gasteiger partial charge in [-0.3, -0.25) is 4.79 Å². The summed E-state index contributed by atoms with van der Waals surface area (Å²) in [4.78, 5) is 11.8. The first-order chi connectivity index (χ1) is 10.3. The number of nitrogens with one attached hydrogen (secondary N) is 1. The van der Waals surface area contributed by atoms with Crippen LogP contribution in [0.15, 0.2) is 24.3 Å². The Bertz CT molecular complexity index is 620. The molecular formula is C14H12F5NO2. The van der Waals surface area contributed by atoms with Crippen LogP contribution >= 0.6 is 0 Å². The van der Waals surface area contributed by atoms with Gasteiger partial charge in [-0.25, -0.2) is 8.78 Å². The molecule has 0 atom stereocenters. The van der Waals surface area contributed by atoms with Crippen LogP contribution < -0.4 is 10.1 Å². The molecule has 0 radical (unpaired) electrons. The Labute approximate surface area is 122 Å². The molecule has 22 heavy (non-hydrogen) atoms. The summed E-state index contributed by atoms with van der Waals surface area (Å²) in [5.74, 6) is -0.931. The molecular weight excluding hydrogens is 309 g/mol. The molecule has 0 bridgehead atoms. The average Bonchev–Trinajstić information content (AvgIpc) is 2.51. The van der Waals surface area contributed by atoms with E-state index >= 15 is 0 Å². The predicted molar refractivity (Wildman–Crippen MR) is 68.8 cm³/mol. The molecule has 0 spiro atoms. The van der Waals surface area contributed by atoms with E-state index in [2.05, 4.69) is 5.32 Å². The second-order valence-corrected chi connectivity index (χ2v) is 4.78. The maximum Gasteiger partial charge on any atom is 0.416 e. The highest BCUT2D eigenvalue weighted by Crippen LogP contribution is 2.40. The van der Waals surface area contributed by atoms with Gasteiger partial charge in [0.05, 0.1) is 11.1 Å². The van der Waals surface area contributed by atoms with E-state index < -0.39 is 36.6 Å². The van der Waals surface area contributed by atoms with Gasteiger partial charge in [0.2, 0.25) is 0 Å². The van der Waals surface area contributed by atoms with E-state index in [1.807, 2.05) is 0 Å². The normalized spacial score (nSPS) is 16.4. The van der Waals surface area contributed by atoms with Gasteiger partial charge in [0.25, 0.3) is 5.91 Å². The Morgan fingerprint density at radius 3 is 2.41 bits per heavy atom. The molecule has 0 aliphatic carbocycles. The lowest BCUT2D eigenvalue weighted by Crippen LogP contribution is -2.42. The Hall–Kier alpha value is -2.12. The fourth-order valence-corrected chi connectivity index (χ4v) is 2.08. The number of ether oxygens (including phenoxy) is 1. The molecule has 1 aromatic rings. The van der Waals surface area contributed by atoms with Crippen molar-refractivity contribution in [3.63, 3.8) is 0 Å². The SMILES string of the molecule is CNC(=O)C1=CC(CF)(CF)Oc2ccc(C(F)(F)F)cc21. The Balaban J connectivity index is 2.62. The maximum atomic E-state index is 13.1. The van der Waals surface area contributed by atoms with Crippen molar-refractivity contribution < 1.29 is 31.5 Å². The minimum absolute atomic E-state index is 0.160. The number of likely N-dealkylation sites (N-methyl/N-ethyl adjacent to an activating group) is 1. The summed E-state index contributed by atoms with van der Waals surface area (Å²) in [6.07, 6.45) is -3.73. The fourth-order valence-electron chi connectivity index (χ4n) is 2.08. The number of carbonyl (C=O) groups excluding carboxylic acids is 1. The van der Waals surface area contributed by atoms with Gasteiger partial charge in [0.15, 0.2) is 5.60 Å². The Morgan fingerprint density at radius 1 is 1.27 bits per heavy atom. The van der Waals surface area contributed by atoms with Crippen LogP contribution in [0.4, 0.5) is 22.0 Å². The molecule has 1 aliphatic rings. The number of halogens is 5. The second-order valence-electron chi connectivity index (χ2n) is 4.78. The molecule has 0 fully saturated rings. The Morgan fingerprint density at radius 2 is 1.91 bits per heavy atom. The smallest absolute Gasteiger partial charge is 0.416 e. The van der Waals surface area contributed by atoms with Crippen LogP contribution in [0.1, 0.15) is 11.1 Å². The third-order valence-corrected chi connectivity index (χ3v) is 3.24. The summed E-state index contributed by atoms with van der Waals surface area (Å²) in [7, 11) is 1.26. The van der Waals surface area contributed by atoms with Crippen molar-refractivity contribution >= 4 is 11.5 Å². The third-order valence-electron chi connectivity index (χ3n) is 3.24. The van der Waals surface area contributed by atoms with Gasteiger partial charge in [-0.15, -0.1) is 0 Å². The van der Waals surface area contributed by atoms with Crippen LogP contribution in [0.2, 0.25) is 0 Å². The van der Waals surface area contributed by atoms with Gasteiger partial charge in [-0.1, -0.05) is 0 Å². The minimum Gasteiger partial charge on any atom is -0.477 e. The van der Waals surface area contributed by atoms with Crippen molar-refractivity contribution in [1.29, 1.82) is 0 Å². The van der Waals surface area contributed by atoms with Crippen molar-refractivity contribution in [1.82, 2.24) is 5.32 Å². The van der Waals surface area contributed by atoms with Gasteiger partial charge in [-0.2, -0.15) is 13.2 Å². The molecule has 1 amide bonds. The zero-order chi connectivity index (χ0) is 16.5. The number of hydrogen-bond acceptors (Lipinski definition) is 2. The molecule has 1 aromatic carbocycles. The largest absolute Gasteiger partial charge is 0.477 e. The van der Waals surface area contributed by atoms with Crippen LogP contribution in [0.5, 0.6) is 5.75 Å². The number of amides is 1. The van der Waals surface area contributed by atoms with Crippen LogP contribution in [0.25, 0.3) is 5.57 Å². The summed E-state index contributed by atoms with van der Waals surface area (Å²) in [6.45, 7) is -2.52. The lowest BCUT2D eigenvalue weighted by atomic mass is 9.92. The van der Waals surface area contributed by atoms with Gasteiger partial charge < -0.3 is 10.1 Å². The lowest BCUT2D eigenvalue weighted by molar-refractivity contribution is -0.137. The summed E-state index contributed by atoms with van der Waals surface area (Å²) in [5.41, 5.74) is -3.41. The van der Waals surface area contributed by atoms with Crippen molar-refractivity contribution in [2.45, 2.75) is 11.8 Å². The van der Waals surface area contributed by atoms with Crippen molar-refractivity contribution in [2.24, 2.45) is 0 Å². The zero-order valence-electron chi connectivity index (χ0n) is 11.4. The molecule has 0 saturated heterocycles. The molecule has 1 N–H and O–H groups in total. The fraction of sp³-hybridized carbons (Fsp3) is 0.357. The van der Waals surface area contributed by atoms with E-state index in [1.165, 1.54) is 7.05 Å². The Kier molecular flexibility index (Phi) is 4.12. The van der Waals surface area contributed by atoms with E-state index in [-0.39, 0.29) is 16.9 Å². The quantitative estimate of drug-likeness (QED) is 0.870.